The number of hydrogen-bond donors (Lipinski definition) is 2. The number of nitrogens with zero attached hydrogens (tertiary/aromatic N) is 1. The molecule has 0 saturated heterocycles. The predicted molar refractivity (Wildman–Crippen MR) is 44.8 cm³/mol. The van der Waals surface area contributed by atoms with Crippen molar-refractivity contribution in [2.45, 2.75) is 18.3 Å². The lowest BCUT2D eigenvalue weighted by molar-refractivity contribution is -0.140. The maximum absolute atomic E-state index is 10.9. The second kappa shape index (κ2) is 2.32. The van der Waals surface area contributed by atoms with Crippen molar-refractivity contribution in [3.05, 3.63) is 16.4 Å². The molecule has 4 nitrogen and oxygen atoms in total. The van der Waals surface area contributed by atoms with Gasteiger partial charge in [-0.15, -0.1) is 0 Å². The third kappa shape index (κ3) is 0.891. The Morgan fingerprint density at radius 1 is 1.75 bits per heavy atom. The highest BCUT2D eigenvalue weighted by Crippen LogP contribution is 2.49. The van der Waals surface area contributed by atoms with Crippen molar-refractivity contribution in [3.8, 4) is 0 Å². The molecule has 1 fully saturated rings. The quantitative estimate of drug-likeness (QED) is 0.805. The maximum atomic E-state index is 10.9. The van der Waals surface area contributed by atoms with Crippen molar-refractivity contribution in [2.24, 2.45) is 0 Å². The van der Waals surface area contributed by atoms with Crippen LogP contribution in [0.1, 0.15) is 18.5 Å². The van der Waals surface area contributed by atoms with Crippen LogP contribution in [0.3, 0.4) is 0 Å². The Balaban J connectivity index is 2.43. The Bertz CT molecular complexity index is 330. The lowest BCUT2D eigenvalue weighted by Gasteiger charge is -2.06. The van der Waals surface area contributed by atoms with E-state index in [1.165, 1.54) is 0 Å². The number of aliphatic carboxylic acids is 1. The van der Waals surface area contributed by atoms with Gasteiger partial charge in [-0.3, -0.25) is 9.89 Å². The van der Waals surface area contributed by atoms with Crippen LogP contribution in [0.25, 0.3) is 0 Å². The third-order valence-electron chi connectivity index (χ3n) is 2.23. The average molecular weight is 231 g/mol. The van der Waals surface area contributed by atoms with Crippen molar-refractivity contribution in [1.82, 2.24) is 10.2 Å². The summed E-state index contributed by atoms with van der Waals surface area (Å²) in [6, 6.07) is 0. The minimum Gasteiger partial charge on any atom is -0.481 e. The van der Waals surface area contributed by atoms with E-state index in [1.54, 1.807) is 6.20 Å². The van der Waals surface area contributed by atoms with Crippen LogP contribution in [0.5, 0.6) is 0 Å². The van der Waals surface area contributed by atoms with E-state index >= 15 is 0 Å². The molecule has 1 heterocycles. The summed E-state index contributed by atoms with van der Waals surface area (Å²) >= 11 is 3.25. The number of carbonyl (C=O) groups is 1. The molecule has 0 aliphatic heterocycles. The predicted octanol–water partition coefficient (Wildman–Crippen LogP) is 1.29. The Morgan fingerprint density at radius 3 is 2.75 bits per heavy atom. The summed E-state index contributed by atoms with van der Waals surface area (Å²) in [6.45, 7) is 0. The second-order valence-corrected chi connectivity index (χ2v) is 3.83. The second-order valence-electron chi connectivity index (χ2n) is 2.98. The number of carboxylic acid groups (broad SMARTS) is 1. The molecule has 1 aromatic rings. The molecule has 0 radical (unpaired) electrons. The Hall–Kier alpha value is -0.840. The average Bonchev–Trinajstić information content (AvgIpc) is 2.71. The molecule has 2 rings (SSSR count). The van der Waals surface area contributed by atoms with Crippen LogP contribution in [-0.2, 0) is 10.2 Å². The van der Waals surface area contributed by atoms with Gasteiger partial charge in [0.2, 0.25) is 0 Å². The molecule has 5 heteroatoms. The number of halogens is 1. The van der Waals surface area contributed by atoms with Gasteiger partial charge in [-0.2, -0.15) is 5.10 Å². The van der Waals surface area contributed by atoms with E-state index in [1.807, 2.05) is 0 Å². The van der Waals surface area contributed by atoms with Gasteiger partial charge in [-0.25, -0.2) is 0 Å². The molecular weight excluding hydrogens is 224 g/mol. The normalized spacial score (nSPS) is 19.1. The van der Waals surface area contributed by atoms with E-state index in [-0.39, 0.29) is 0 Å². The van der Waals surface area contributed by atoms with E-state index in [0.29, 0.717) is 18.5 Å². The number of H-pyrrole nitrogens is 1. The van der Waals surface area contributed by atoms with Gasteiger partial charge in [-0.1, -0.05) is 0 Å². The first kappa shape index (κ1) is 7.79. The number of carboxylic acids is 1. The van der Waals surface area contributed by atoms with E-state index in [4.69, 9.17) is 5.11 Å². The minimum atomic E-state index is -0.771. The molecule has 0 amide bonds. The summed E-state index contributed by atoms with van der Waals surface area (Å²) < 4.78 is 0.752. The number of aromatic nitrogens is 2. The van der Waals surface area contributed by atoms with Crippen LogP contribution in [0.15, 0.2) is 10.7 Å². The first-order valence-electron chi connectivity index (χ1n) is 3.59. The van der Waals surface area contributed by atoms with Crippen LogP contribution in [0.4, 0.5) is 0 Å². The molecule has 1 aliphatic rings. The zero-order chi connectivity index (χ0) is 8.77. The molecule has 1 aliphatic carbocycles. The first-order chi connectivity index (χ1) is 5.67. The van der Waals surface area contributed by atoms with Crippen molar-refractivity contribution in [1.29, 1.82) is 0 Å². The van der Waals surface area contributed by atoms with Gasteiger partial charge in [0.05, 0.1) is 16.4 Å². The Morgan fingerprint density at radius 2 is 2.42 bits per heavy atom. The molecule has 0 unspecified atom stereocenters. The highest BCUT2D eigenvalue weighted by molar-refractivity contribution is 9.10. The zero-order valence-electron chi connectivity index (χ0n) is 6.17. The summed E-state index contributed by atoms with van der Waals surface area (Å²) in [5.41, 5.74) is 0.00463. The van der Waals surface area contributed by atoms with Crippen LogP contribution < -0.4 is 0 Å². The molecule has 1 aromatic heterocycles. The van der Waals surface area contributed by atoms with Gasteiger partial charge >= 0.3 is 5.97 Å². The van der Waals surface area contributed by atoms with Gasteiger partial charge in [0.1, 0.15) is 5.41 Å². The van der Waals surface area contributed by atoms with Crippen LogP contribution in [0.2, 0.25) is 0 Å². The standard InChI is InChI=1S/C7H7BrN2O2/c8-4-3-9-10-5(4)7(1-2-7)6(11)12/h3H,1-2H2,(H,9,10)(H,11,12). The van der Waals surface area contributed by atoms with E-state index < -0.39 is 11.4 Å². The summed E-state index contributed by atoms with van der Waals surface area (Å²) in [7, 11) is 0. The molecule has 0 aromatic carbocycles. The van der Waals surface area contributed by atoms with E-state index in [0.717, 1.165) is 4.47 Å². The number of nitrogens with one attached hydrogen (secondary N) is 1. The molecule has 2 N–H and O–H groups in total. The topological polar surface area (TPSA) is 66.0 Å². The van der Waals surface area contributed by atoms with Gasteiger partial charge < -0.3 is 5.11 Å². The third-order valence-corrected chi connectivity index (χ3v) is 2.83. The van der Waals surface area contributed by atoms with Crippen molar-refractivity contribution < 1.29 is 9.90 Å². The molecule has 0 bridgehead atoms. The fourth-order valence-corrected chi connectivity index (χ4v) is 1.87. The van der Waals surface area contributed by atoms with Crippen molar-refractivity contribution in [2.75, 3.05) is 0 Å². The highest BCUT2D eigenvalue weighted by Gasteiger charge is 2.54. The SMILES string of the molecule is O=C(O)C1(c2[nH]ncc2Br)CC1. The maximum Gasteiger partial charge on any atom is 0.315 e. The Kier molecular flexibility index (Phi) is 1.51. The van der Waals surface area contributed by atoms with Crippen molar-refractivity contribution >= 4 is 21.9 Å². The summed E-state index contributed by atoms with van der Waals surface area (Å²) in [4.78, 5) is 10.9. The van der Waals surface area contributed by atoms with Gasteiger partial charge in [0, 0.05) is 0 Å². The van der Waals surface area contributed by atoms with E-state index in [9.17, 15) is 4.79 Å². The molecule has 64 valence electrons. The van der Waals surface area contributed by atoms with Gasteiger partial charge in [0.15, 0.2) is 0 Å². The summed E-state index contributed by atoms with van der Waals surface area (Å²) in [5, 5.41) is 15.4. The molecule has 0 atom stereocenters. The number of rotatable bonds is 2. The van der Waals surface area contributed by atoms with Crippen LogP contribution in [-0.4, -0.2) is 21.3 Å². The summed E-state index contributed by atoms with van der Waals surface area (Å²) in [5.74, 6) is -0.771. The largest absolute Gasteiger partial charge is 0.481 e. The first-order valence-corrected chi connectivity index (χ1v) is 4.39. The van der Waals surface area contributed by atoms with Gasteiger partial charge in [0.25, 0.3) is 0 Å². The molecular formula is C7H7BrN2O2. The van der Waals surface area contributed by atoms with Crippen molar-refractivity contribution in [3.63, 3.8) is 0 Å². The lowest BCUT2D eigenvalue weighted by Crippen LogP contribution is -2.20. The minimum absolute atomic E-state index is 0.685. The van der Waals surface area contributed by atoms with Gasteiger partial charge in [-0.05, 0) is 28.8 Å². The highest BCUT2D eigenvalue weighted by atomic mass is 79.9. The lowest BCUT2D eigenvalue weighted by atomic mass is 10.0. The van der Waals surface area contributed by atoms with E-state index in [2.05, 4.69) is 26.1 Å². The zero-order valence-corrected chi connectivity index (χ0v) is 7.76. The fourth-order valence-electron chi connectivity index (χ4n) is 1.30. The van der Waals surface area contributed by atoms with Crippen LogP contribution >= 0.6 is 15.9 Å². The fraction of sp³-hybridized carbons (Fsp3) is 0.429. The summed E-state index contributed by atoms with van der Waals surface area (Å²) in [6.07, 6.45) is 2.98. The molecule has 12 heavy (non-hydrogen) atoms. The molecule has 0 spiro atoms. The monoisotopic (exact) mass is 230 g/mol. The molecule has 1 saturated carbocycles. The smallest absolute Gasteiger partial charge is 0.315 e. The van der Waals surface area contributed by atoms with Crippen LogP contribution in [0, 0.1) is 0 Å². The Labute approximate surface area is 77.1 Å². The number of aromatic amines is 1. The number of hydrogen-bond acceptors (Lipinski definition) is 2.